The molecule has 2 unspecified atom stereocenters. The molecular formula is C27H26BrF3N2O3. The Morgan fingerprint density at radius 1 is 0.889 bits per heavy atom. The number of benzene rings is 3. The number of rotatable bonds is 11. The first-order valence-corrected chi connectivity index (χ1v) is 12.1. The average molecular weight is 563 g/mol. The van der Waals surface area contributed by atoms with Crippen LogP contribution in [0, 0.1) is 0 Å². The highest BCUT2D eigenvalue weighted by Gasteiger charge is 2.46. The molecule has 0 aliphatic heterocycles. The summed E-state index contributed by atoms with van der Waals surface area (Å²) in [4.78, 5) is 25.7. The Balaban J connectivity index is 1.99. The van der Waals surface area contributed by atoms with E-state index >= 15 is 0 Å². The summed E-state index contributed by atoms with van der Waals surface area (Å²) in [5, 5.41) is 16.1. The zero-order valence-electron chi connectivity index (χ0n) is 19.3. The Morgan fingerprint density at radius 2 is 1.47 bits per heavy atom. The second kappa shape index (κ2) is 12.2. The van der Waals surface area contributed by atoms with E-state index in [4.69, 9.17) is 0 Å². The van der Waals surface area contributed by atoms with Crippen molar-refractivity contribution in [3.8, 4) is 0 Å². The first-order chi connectivity index (χ1) is 17.1. The lowest BCUT2D eigenvalue weighted by Gasteiger charge is -2.35. The van der Waals surface area contributed by atoms with Crippen molar-refractivity contribution in [1.29, 1.82) is 0 Å². The van der Waals surface area contributed by atoms with Gasteiger partial charge in [-0.3, -0.25) is 10.1 Å². The van der Waals surface area contributed by atoms with Crippen molar-refractivity contribution in [2.45, 2.75) is 42.5 Å². The number of amides is 1. The normalized spacial score (nSPS) is 14.0. The summed E-state index contributed by atoms with van der Waals surface area (Å²) >= 11 is 3.34. The fourth-order valence-electron chi connectivity index (χ4n) is 3.85. The van der Waals surface area contributed by atoms with Crippen LogP contribution in [0.5, 0.6) is 0 Å². The lowest BCUT2D eigenvalue weighted by molar-refractivity contribution is -0.141. The van der Waals surface area contributed by atoms with Gasteiger partial charge in [0.15, 0.2) is 4.45 Å². The SMILES string of the molecule is O=C(NC(c1ccccc1CCCC(F)(F)F)C(Br)(NCc1ccccc1)C(=O)O)c1ccccc1. The van der Waals surface area contributed by atoms with Gasteiger partial charge < -0.3 is 10.4 Å². The maximum Gasteiger partial charge on any atom is 0.389 e. The van der Waals surface area contributed by atoms with Gasteiger partial charge in [0.05, 0.1) is 6.04 Å². The van der Waals surface area contributed by atoms with Gasteiger partial charge in [0.1, 0.15) is 0 Å². The molecule has 9 heteroatoms. The predicted octanol–water partition coefficient (Wildman–Crippen LogP) is 6.01. The molecule has 3 rings (SSSR count). The highest BCUT2D eigenvalue weighted by molar-refractivity contribution is 9.10. The number of carboxylic acid groups (broad SMARTS) is 1. The third-order valence-electron chi connectivity index (χ3n) is 5.69. The Labute approximate surface area is 215 Å². The molecule has 0 heterocycles. The zero-order chi connectivity index (χ0) is 26.2. The topological polar surface area (TPSA) is 78.4 Å². The third-order valence-corrected chi connectivity index (χ3v) is 6.76. The molecule has 3 N–H and O–H groups in total. The number of nitrogens with one attached hydrogen (secondary N) is 2. The van der Waals surface area contributed by atoms with E-state index in [1.807, 2.05) is 30.3 Å². The molecule has 36 heavy (non-hydrogen) atoms. The van der Waals surface area contributed by atoms with Crippen LogP contribution in [-0.4, -0.2) is 27.6 Å². The van der Waals surface area contributed by atoms with Crippen LogP contribution >= 0.6 is 15.9 Å². The summed E-state index contributed by atoms with van der Waals surface area (Å²) in [5.74, 6) is -1.81. The third kappa shape index (κ3) is 7.41. The van der Waals surface area contributed by atoms with Crippen molar-refractivity contribution in [1.82, 2.24) is 10.6 Å². The molecule has 2 atom stereocenters. The van der Waals surface area contributed by atoms with Gasteiger partial charge in [0.25, 0.3) is 5.91 Å². The summed E-state index contributed by atoms with van der Waals surface area (Å²) in [5.41, 5.74) is 2.06. The monoisotopic (exact) mass is 562 g/mol. The second-order valence-electron chi connectivity index (χ2n) is 8.30. The van der Waals surface area contributed by atoms with E-state index in [1.165, 1.54) is 0 Å². The quantitative estimate of drug-likeness (QED) is 0.197. The van der Waals surface area contributed by atoms with Crippen molar-refractivity contribution in [2.75, 3.05) is 0 Å². The van der Waals surface area contributed by atoms with E-state index < -0.39 is 35.0 Å². The first-order valence-electron chi connectivity index (χ1n) is 11.3. The van der Waals surface area contributed by atoms with E-state index in [-0.39, 0.29) is 19.4 Å². The van der Waals surface area contributed by atoms with E-state index in [9.17, 15) is 27.9 Å². The number of aliphatic carboxylic acids is 1. The van der Waals surface area contributed by atoms with Gasteiger partial charge in [-0.15, -0.1) is 0 Å². The molecule has 5 nitrogen and oxygen atoms in total. The maximum atomic E-state index is 13.1. The van der Waals surface area contributed by atoms with Crippen LogP contribution in [0.2, 0.25) is 0 Å². The number of carbonyl (C=O) groups excluding carboxylic acids is 1. The van der Waals surface area contributed by atoms with Gasteiger partial charge in [0, 0.05) is 18.5 Å². The lowest BCUT2D eigenvalue weighted by Crippen LogP contribution is -2.56. The molecule has 3 aromatic rings. The molecule has 190 valence electrons. The van der Waals surface area contributed by atoms with E-state index in [0.717, 1.165) is 5.56 Å². The molecule has 0 radical (unpaired) electrons. The number of aryl methyl sites for hydroxylation is 1. The number of carboxylic acids is 1. The molecule has 3 aromatic carbocycles. The van der Waals surface area contributed by atoms with Crippen LogP contribution < -0.4 is 10.6 Å². The molecule has 0 bridgehead atoms. The van der Waals surface area contributed by atoms with Gasteiger partial charge in [0.2, 0.25) is 0 Å². The molecule has 0 saturated carbocycles. The van der Waals surface area contributed by atoms with Crippen LogP contribution in [0.25, 0.3) is 0 Å². The molecule has 1 amide bonds. The van der Waals surface area contributed by atoms with Gasteiger partial charge in [-0.05, 0) is 41.7 Å². The summed E-state index contributed by atoms with van der Waals surface area (Å²) < 4.78 is 36.5. The van der Waals surface area contributed by atoms with Gasteiger partial charge in [-0.2, -0.15) is 13.2 Å². The summed E-state index contributed by atoms with van der Waals surface area (Å²) in [6, 6.07) is 22.9. The Bertz CT molecular complexity index is 1160. The number of hydrogen-bond acceptors (Lipinski definition) is 3. The van der Waals surface area contributed by atoms with Crippen molar-refractivity contribution in [2.24, 2.45) is 0 Å². The van der Waals surface area contributed by atoms with E-state index in [0.29, 0.717) is 16.7 Å². The minimum atomic E-state index is -4.30. The molecule has 0 spiro atoms. The van der Waals surface area contributed by atoms with Crippen molar-refractivity contribution >= 4 is 27.8 Å². The van der Waals surface area contributed by atoms with Crippen LogP contribution in [-0.2, 0) is 17.8 Å². The number of alkyl halides is 4. The molecule has 0 fully saturated rings. The molecule has 0 saturated heterocycles. The predicted molar refractivity (Wildman–Crippen MR) is 135 cm³/mol. The van der Waals surface area contributed by atoms with Crippen molar-refractivity contribution < 1.29 is 27.9 Å². The average Bonchev–Trinajstić information content (AvgIpc) is 2.86. The van der Waals surface area contributed by atoms with Crippen LogP contribution in [0.1, 0.15) is 45.9 Å². The number of hydrogen-bond donors (Lipinski definition) is 3. The highest BCUT2D eigenvalue weighted by atomic mass is 79.9. The first kappa shape index (κ1) is 27.4. The smallest absolute Gasteiger partial charge is 0.389 e. The fraction of sp³-hybridized carbons (Fsp3) is 0.259. The Kier molecular flexibility index (Phi) is 9.28. The number of halogens is 4. The largest absolute Gasteiger partial charge is 0.479 e. The molecular weight excluding hydrogens is 537 g/mol. The van der Waals surface area contributed by atoms with Crippen molar-refractivity contribution in [3.63, 3.8) is 0 Å². The minimum absolute atomic E-state index is 0.0643. The Hall–Kier alpha value is -3.17. The van der Waals surface area contributed by atoms with Crippen LogP contribution in [0.4, 0.5) is 13.2 Å². The molecule has 0 aromatic heterocycles. The maximum absolute atomic E-state index is 13.1. The molecule has 0 aliphatic rings. The minimum Gasteiger partial charge on any atom is -0.479 e. The van der Waals surface area contributed by atoms with Crippen LogP contribution in [0.3, 0.4) is 0 Å². The highest BCUT2D eigenvalue weighted by Crippen LogP contribution is 2.36. The fourth-order valence-corrected chi connectivity index (χ4v) is 4.35. The Morgan fingerprint density at radius 3 is 2.08 bits per heavy atom. The summed E-state index contributed by atoms with van der Waals surface area (Å²) in [6.07, 6.45) is -5.37. The van der Waals surface area contributed by atoms with Gasteiger partial charge in [-0.25, -0.2) is 4.79 Å². The van der Waals surface area contributed by atoms with E-state index in [2.05, 4.69) is 26.6 Å². The van der Waals surface area contributed by atoms with Gasteiger partial charge >= 0.3 is 12.1 Å². The molecule has 0 aliphatic carbocycles. The lowest BCUT2D eigenvalue weighted by atomic mass is 9.91. The van der Waals surface area contributed by atoms with E-state index in [1.54, 1.807) is 54.6 Å². The number of carbonyl (C=O) groups is 2. The second-order valence-corrected chi connectivity index (χ2v) is 9.55. The summed E-state index contributed by atoms with van der Waals surface area (Å²) in [7, 11) is 0. The van der Waals surface area contributed by atoms with Crippen LogP contribution in [0.15, 0.2) is 84.9 Å². The zero-order valence-corrected chi connectivity index (χ0v) is 20.9. The van der Waals surface area contributed by atoms with Gasteiger partial charge in [-0.1, -0.05) is 88.7 Å². The standard InChI is InChI=1S/C27H26BrF3N2O3/c28-27(25(35)36,32-18-19-10-3-1-4-11-19)23(33-24(34)21-13-5-2-6-14-21)22-16-8-7-12-20(22)15-9-17-26(29,30)31/h1-8,10-14,16,23,32H,9,15,17-18H2,(H,33,34)(H,35,36). The van der Waals surface area contributed by atoms with Crippen molar-refractivity contribution in [3.05, 3.63) is 107 Å². The summed E-state index contributed by atoms with van der Waals surface area (Å²) in [6.45, 7) is 0.159.